The number of amides is 1. The van der Waals surface area contributed by atoms with E-state index in [4.69, 9.17) is 0 Å². The Morgan fingerprint density at radius 3 is 2.67 bits per heavy atom. The quantitative estimate of drug-likeness (QED) is 0.509. The molecule has 0 radical (unpaired) electrons. The molecule has 4 rings (SSSR count). The van der Waals surface area contributed by atoms with Crippen molar-refractivity contribution in [2.75, 3.05) is 24.5 Å². The first-order chi connectivity index (χ1) is 14.8. The number of hydrogen-bond donors (Lipinski definition) is 1. The Labute approximate surface area is 177 Å². The number of aryl methyl sites for hydroxylation is 1. The van der Waals surface area contributed by atoms with Gasteiger partial charge in [-0.1, -0.05) is 30.0 Å². The van der Waals surface area contributed by atoms with Crippen molar-refractivity contribution < 1.29 is 4.79 Å². The van der Waals surface area contributed by atoms with Gasteiger partial charge in [-0.3, -0.25) is 4.79 Å². The van der Waals surface area contributed by atoms with Gasteiger partial charge in [0.2, 0.25) is 0 Å². The molecule has 0 spiro atoms. The topological polar surface area (TPSA) is 50.2 Å². The van der Waals surface area contributed by atoms with Crippen LogP contribution in [-0.4, -0.2) is 35.1 Å². The fourth-order valence-corrected chi connectivity index (χ4v) is 3.66. The van der Waals surface area contributed by atoms with Crippen LogP contribution in [0.25, 0.3) is 0 Å². The molecule has 0 bridgehead atoms. The number of carbonyl (C=O) groups is 1. The van der Waals surface area contributed by atoms with Crippen LogP contribution in [-0.2, 0) is 6.54 Å². The number of carbonyl (C=O) groups excluding carboxylic acids is 1. The van der Waals surface area contributed by atoms with E-state index in [0.717, 1.165) is 42.9 Å². The molecule has 0 atom stereocenters. The average molecular weight is 399 g/mol. The summed E-state index contributed by atoms with van der Waals surface area (Å²) in [6, 6.07) is 15.8. The van der Waals surface area contributed by atoms with E-state index in [1.165, 1.54) is 12.8 Å². The number of imidazole rings is 1. The van der Waals surface area contributed by atoms with Gasteiger partial charge in [-0.15, -0.1) is 0 Å². The number of aromatic nitrogens is 2. The van der Waals surface area contributed by atoms with E-state index < -0.39 is 0 Å². The first kappa shape index (κ1) is 19.8. The molecular formula is C25H26N4O. The molecule has 1 amide bonds. The highest BCUT2D eigenvalue weighted by molar-refractivity contribution is 5.95. The zero-order valence-corrected chi connectivity index (χ0v) is 17.1. The molecule has 0 saturated carbocycles. The van der Waals surface area contributed by atoms with Crippen LogP contribution in [0.15, 0.2) is 67.3 Å². The monoisotopic (exact) mass is 398 g/mol. The third-order valence-corrected chi connectivity index (χ3v) is 5.26. The Balaban J connectivity index is 1.48. The lowest BCUT2D eigenvalue weighted by atomic mass is 10.1. The van der Waals surface area contributed by atoms with Gasteiger partial charge in [-0.25, -0.2) is 4.98 Å². The third-order valence-electron chi connectivity index (χ3n) is 5.26. The van der Waals surface area contributed by atoms with Crippen LogP contribution < -0.4 is 10.2 Å². The molecule has 1 N–H and O–H groups in total. The molecular weight excluding hydrogens is 372 g/mol. The second kappa shape index (κ2) is 9.80. The molecule has 1 aliphatic rings. The maximum absolute atomic E-state index is 12.7. The number of nitrogens with zero attached hydrogens (tertiary/aromatic N) is 3. The van der Waals surface area contributed by atoms with Gasteiger partial charge in [0.25, 0.3) is 5.91 Å². The molecule has 30 heavy (non-hydrogen) atoms. The minimum atomic E-state index is -0.0589. The van der Waals surface area contributed by atoms with Crippen molar-refractivity contribution in [1.82, 2.24) is 14.9 Å². The highest BCUT2D eigenvalue weighted by Crippen LogP contribution is 2.25. The summed E-state index contributed by atoms with van der Waals surface area (Å²) in [5, 5.41) is 3.02. The fraction of sp³-hybridized carbons (Fsp3) is 0.280. The Kier molecular flexibility index (Phi) is 6.46. The molecule has 0 unspecified atom stereocenters. The summed E-state index contributed by atoms with van der Waals surface area (Å²) in [6.07, 6.45) is 8.73. The molecule has 5 heteroatoms. The minimum Gasteiger partial charge on any atom is -0.371 e. The van der Waals surface area contributed by atoms with Crippen molar-refractivity contribution in [2.24, 2.45) is 0 Å². The molecule has 1 fully saturated rings. The number of rotatable bonds is 6. The van der Waals surface area contributed by atoms with Crippen molar-refractivity contribution in [3.05, 3.63) is 83.9 Å². The molecule has 1 aliphatic heterocycles. The molecule has 1 saturated heterocycles. The van der Waals surface area contributed by atoms with Crippen LogP contribution in [0.5, 0.6) is 0 Å². The maximum atomic E-state index is 12.7. The summed E-state index contributed by atoms with van der Waals surface area (Å²) in [4.78, 5) is 19.1. The normalized spacial score (nSPS) is 13.0. The van der Waals surface area contributed by atoms with Crippen molar-refractivity contribution in [3.8, 4) is 11.8 Å². The van der Waals surface area contributed by atoms with Crippen molar-refractivity contribution in [3.63, 3.8) is 0 Å². The standard InChI is InChI=1S/C25H26N4O/c30-25(27-13-6-15-28-18-14-26-20-28)23-11-12-24(29-16-4-5-17-29)22(19-23)10-9-21-7-2-1-3-8-21/h1-3,7-8,11-12,14,18-20H,4-6,13,15-17H2,(H,27,30). The maximum Gasteiger partial charge on any atom is 0.251 e. The van der Waals surface area contributed by atoms with E-state index in [-0.39, 0.29) is 5.91 Å². The van der Waals surface area contributed by atoms with Gasteiger partial charge in [0, 0.05) is 55.3 Å². The molecule has 3 aromatic rings. The summed E-state index contributed by atoms with van der Waals surface area (Å²) in [7, 11) is 0. The van der Waals surface area contributed by atoms with E-state index in [0.29, 0.717) is 12.1 Å². The summed E-state index contributed by atoms with van der Waals surface area (Å²) in [5.41, 5.74) is 3.65. The summed E-state index contributed by atoms with van der Waals surface area (Å²) < 4.78 is 2.01. The van der Waals surface area contributed by atoms with Gasteiger partial charge in [-0.2, -0.15) is 0 Å². The molecule has 2 aromatic carbocycles. The SMILES string of the molecule is O=C(NCCCn1ccnc1)c1ccc(N2CCCC2)c(C#Cc2ccccc2)c1. The Morgan fingerprint density at radius 2 is 1.90 bits per heavy atom. The predicted octanol–water partition coefficient (Wildman–Crippen LogP) is 3.70. The minimum absolute atomic E-state index is 0.0589. The average Bonchev–Trinajstić information content (AvgIpc) is 3.50. The smallest absolute Gasteiger partial charge is 0.251 e. The molecule has 1 aromatic heterocycles. The molecule has 152 valence electrons. The zero-order chi connectivity index (χ0) is 20.6. The largest absolute Gasteiger partial charge is 0.371 e. The number of anilines is 1. The van der Waals surface area contributed by atoms with Crippen LogP contribution in [0.2, 0.25) is 0 Å². The molecule has 0 aliphatic carbocycles. The van der Waals surface area contributed by atoms with Crippen LogP contribution in [0.3, 0.4) is 0 Å². The van der Waals surface area contributed by atoms with E-state index in [1.807, 2.05) is 59.3 Å². The van der Waals surface area contributed by atoms with Gasteiger partial charge in [0.15, 0.2) is 0 Å². The molecule has 5 nitrogen and oxygen atoms in total. The zero-order valence-electron chi connectivity index (χ0n) is 17.1. The van der Waals surface area contributed by atoms with Crippen LogP contribution >= 0.6 is 0 Å². The van der Waals surface area contributed by atoms with E-state index in [1.54, 1.807) is 12.5 Å². The van der Waals surface area contributed by atoms with Gasteiger partial charge in [0.1, 0.15) is 0 Å². The van der Waals surface area contributed by atoms with E-state index in [9.17, 15) is 4.79 Å². The van der Waals surface area contributed by atoms with Crippen LogP contribution in [0.4, 0.5) is 5.69 Å². The van der Waals surface area contributed by atoms with Crippen molar-refractivity contribution >= 4 is 11.6 Å². The lowest BCUT2D eigenvalue weighted by Gasteiger charge is -2.20. The Bertz CT molecular complexity index is 1030. The predicted molar refractivity (Wildman–Crippen MR) is 119 cm³/mol. The van der Waals surface area contributed by atoms with Crippen LogP contribution in [0.1, 0.15) is 40.7 Å². The van der Waals surface area contributed by atoms with Gasteiger partial charge in [-0.05, 0) is 49.6 Å². The lowest BCUT2D eigenvalue weighted by molar-refractivity contribution is 0.0952. The Morgan fingerprint density at radius 1 is 1.07 bits per heavy atom. The van der Waals surface area contributed by atoms with Gasteiger partial charge in [0.05, 0.1) is 12.0 Å². The summed E-state index contributed by atoms with van der Waals surface area (Å²) in [5.74, 6) is 6.49. The highest BCUT2D eigenvalue weighted by atomic mass is 16.1. The van der Waals surface area contributed by atoms with E-state index >= 15 is 0 Å². The van der Waals surface area contributed by atoms with Crippen LogP contribution in [0, 0.1) is 11.8 Å². The van der Waals surface area contributed by atoms with Gasteiger partial charge < -0.3 is 14.8 Å². The number of nitrogens with one attached hydrogen (secondary N) is 1. The first-order valence-corrected chi connectivity index (χ1v) is 10.5. The fourth-order valence-electron chi connectivity index (χ4n) is 3.66. The van der Waals surface area contributed by atoms with Crippen molar-refractivity contribution in [2.45, 2.75) is 25.8 Å². The number of hydrogen-bond acceptors (Lipinski definition) is 3. The van der Waals surface area contributed by atoms with E-state index in [2.05, 4.69) is 27.0 Å². The Hall–Kier alpha value is -3.52. The highest BCUT2D eigenvalue weighted by Gasteiger charge is 2.17. The third kappa shape index (κ3) is 5.09. The summed E-state index contributed by atoms with van der Waals surface area (Å²) in [6.45, 7) is 3.54. The molecule has 2 heterocycles. The second-order valence-electron chi connectivity index (χ2n) is 7.45. The first-order valence-electron chi connectivity index (χ1n) is 10.5. The van der Waals surface area contributed by atoms with Crippen molar-refractivity contribution in [1.29, 1.82) is 0 Å². The number of benzene rings is 2. The summed E-state index contributed by atoms with van der Waals surface area (Å²) >= 11 is 0. The lowest BCUT2D eigenvalue weighted by Crippen LogP contribution is -2.25. The second-order valence-corrected chi connectivity index (χ2v) is 7.45. The van der Waals surface area contributed by atoms with Gasteiger partial charge >= 0.3 is 0 Å².